The van der Waals surface area contributed by atoms with Gasteiger partial charge in [-0.2, -0.15) is 5.26 Å². The highest BCUT2D eigenvalue weighted by Crippen LogP contribution is 2.45. The maximum atomic E-state index is 13.4. The van der Waals surface area contributed by atoms with Crippen LogP contribution in [0.5, 0.6) is 0 Å². The maximum absolute atomic E-state index is 13.4. The van der Waals surface area contributed by atoms with E-state index in [9.17, 15) is 4.39 Å². The second-order valence-electron chi connectivity index (χ2n) is 6.43. The van der Waals surface area contributed by atoms with Gasteiger partial charge in [-0.25, -0.2) is 4.39 Å². The first-order chi connectivity index (χ1) is 12.0. The van der Waals surface area contributed by atoms with E-state index in [0.717, 1.165) is 29.7 Å². The van der Waals surface area contributed by atoms with Crippen molar-refractivity contribution in [3.63, 3.8) is 0 Å². The summed E-state index contributed by atoms with van der Waals surface area (Å²) in [5.74, 6) is -0.295. The lowest BCUT2D eigenvalue weighted by Crippen LogP contribution is -2.28. The molecule has 0 bridgehead atoms. The zero-order valence-electron chi connectivity index (χ0n) is 15.0. The molecule has 2 aromatic rings. The zero-order valence-corrected chi connectivity index (χ0v) is 14.0. The fourth-order valence-corrected chi connectivity index (χ4v) is 3.30. The minimum atomic E-state index is -0.760. The lowest BCUT2D eigenvalue weighted by atomic mass is 9.81. The van der Waals surface area contributed by atoms with E-state index in [-0.39, 0.29) is 5.82 Å². The van der Waals surface area contributed by atoms with Gasteiger partial charge in [-0.3, -0.25) is 0 Å². The van der Waals surface area contributed by atoms with Crippen molar-refractivity contribution in [3.05, 3.63) is 70.5 Å². The minimum absolute atomic E-state index is 0.295. The van der Waals surface area contributed by atoms with Crippen LogP contribution in [0.15, 0.2) is 42.4 Å². The number of nitriles is 1. The number of benzene rings is 2. The summed E-state index contributed by atoms with van der Waals surface area (Å²) in [7, 11) is 4.03. The van der Waals surface area contributed by atoms with Gasteiger partial charge in [0.05, 0.1) is 19.6 Å². The predicted octanol–water partition coefficient (Wildman–Crippen LogP) is 3.81. The van der Waals surface area contributed by atoms with E-state index in [0.29, 0.717) is 24.6 Å². The number of nitrogens with zero attached hydrogens (tertiary/aromatic N) is 2. The van der Waals surface area contributed by atoms with Gasteiger partial charge in [-0.05, 0) is 74.4 Å². The van der Waals surface area contributed by atoms with Crippen molar-refractivity contribution in [2.45, 2.75) is 25.0 Å². The highest BCUT2D eigenvalue weighted by atomic mass is 19.1. The Bertz CT molecular complexity index is 814. The molecular formula is C20H21FN2O. The van der Waals surface area contributed by atoms with E-state index in [1.807, 2.05) is 14.1 Å². The van der Waals surface area contributed by atoms with E-state index in [4.69, 9.17) is 11.4 Å². The van der Waals surface area contributed by atoms with Gasteiger partial charge in [0.2, 0.25) is 0 Å². The number of rotatable bonds is 5. The smallest absolute Gasteiger partial charge is 0.123 e. The largest absolute Gasteiger partial charge is 0.361 e. The van der Waals surface area contributed by atoms with Crippen LogP contribution in [0, 0.1) is 17.1 Å². The zero-order chi connectivity index (χ0) is 18.0. The summed E-state index contributed by atoms with van der Waals surface area (Å²) in [6.07, 6.45) is 1.57. The van der Waals surface area contributed by atoms with Crippen molar-refractivity contribution in [2.24, 2.45) is 0 Å². The Kier molecular flexibility index (Phi) is 4.29. The lowest BCUT2D eigenvalue weighted by molar-refractivity contribution is -0.0140. The average molecular weight is 325 g/mol. The molecule has 0 N–H and O–H groups in total. The highest BCUT2D eigenvalue weighted by Gasteiger charge is 2.41. The Morgan fingerprint density at radius 2 is 2.08 bits per heavy atom. The Labute approximate surface area is 143 Å². The normalized spacial score (nSPS) is 19.9. The molecule has 24 heavy (non-hydrogen) atoms. The van der Waals surface area contributed by atoms with Gasteiger partial charge < -0.3 is 9.64 Å². The van der Waals surface area contributed by atoms with E-state index in [2.05, 4.69) is 11.0 Å². The van der Waals surface area contributed by atoms with Crippen LogP contribution in [-0.4, -0.2) is 25.5 Å². The minimum Gasteiger partial charge on any atom is -0.361 e. The molecule has 0 amide bonds. The summed E-state index contributed by atoms with van der Waals surface area (Å²) in [6, 6.07) is 12.1. The van der Waals surface area contributed by atoms with Crippen LogP contribution in [0.3, 0.4) is 0 Å². The predicted molar refractivity (Wildman–Crippen MR) is 90.9 cm³/mol. The molecule has 3 nitrogen and oxygen atoms in total. The van der Waals surface area contributed by atoms with E-state index in [1.165, 1.54) is 12.1 Å². The van der Waals surface area contributed by atoms with Gasteiger partial charge in [0.25, 0.3) is 0 Å². The Morgan fingerprint density at radius 3 is 2.75 bits per heavy atom. The molecule has 0 radical (unpaired) electrons. The topological polar surface area (TPSA) is 36.3 Å². The van der Waals surface area contributed by atoms with Crippen LogP contribution in [0.1, 0.15) is 36.5 Å². The second kappa shape index (κ2) is 6.72. The molecule has 0 spiro atoms. The Morgan fingerprint density at radius 1 is 1.33 bits per heavy atom. The molecule has 0 aromatic heterocycles. The van der Waals surface area contributed by atoms with Crippen molar-refractivity contribution >= 4 is 0 Å². The third-order valence-electron chi connectivity index (χ3n) is 4.47. The van der Waals surface area contributed by atoms with Crippen molar-refractivity contribution in [1.82, 2.24) is 4.90 Å². The third kappa shape index (κ3) is 3.06. The molecule has 1 aliphatic heterocycles. The van der Waals surface area contributed by atoms with Gasteiger partial charge in [0.1, 0.15) is 11.4 Å². The first-order valence-electron chi connectivity index (χ1n) is 8.55. The van der Waals surface area contributed by atoms with Gasteiger partial charge >= 0.3 is 0 Å². The molecule has 2 aromatic carbocycles. The first-order valence-corrected chi connectivity index (χ1v) is 8.05. The number of hydrogen-bond acceptors (Lipinski definition) is 3. The van der Waals surface area contributed by atoms with Crippen LogP contribution in [0.4, 0.5) is 4.39 Å². The molecule has 1 aliphatic rings. The lowest BCUT2D eigenvalue weighted by Gasteiger charge is -2.31. The molecule has 0 aliphatic carbocycles. The second-order valence-corrected chi connectivity index (χ2v) is 6.43. The fourth-order valence-electron chi connectivity index (χ4n) is 3.30. The average Bonchev–Trinajstić information content (AvgIpc) is 2.95. The standard InChI is InChI=1S/C20H21FN2O/c1-23(2)11-3-10-20(17-5-7-18(21)8-6-17)19-9-4-15(13-22)12-16(19)14-24-20/h4-9,12H,3,10-11,14H2,1-2H3/t20-/m0/s1/i9D. The first kappa shape index (κ1) is 15.3. The molecule has 4 heteroatoms. The Hall–Kier alpha value is -2.22. The molecule has 1 atom stereocenters. The van der Waals surface area contributed by atoms with Gasteiger partial charge in [0.15, 0.2) is 0 Å². The summed E-state index contributed by atoms with van der Waals surface area (Å²) in [5, 5.41) is 9.15. The molecule has 0 unspecified atom stereocenters. The summed E-state index contributed by atoms with van der Waals surface area (Å²) in [6.45, 7) is 1.25. The number of halogens is 1. The summed E-state index contributed by atoms with van der Waals surface area (Å²) in [4.78, 5) is 2.11. The van der Waals surface area contributed by atoms with Crippen LogP contribution >= 0.6 is 0 Å². The van der Waals surface area contributed by atoms with Crippen molar-refractivity contribution in [1.29, 1.82) is 5.26 Å². The molecule has 0 saturated carbocycles. The number of ether oxygens (including phenoxy) is 1. The third-order valence-corrected chi connectivity index (χ3v) is 4.47. The quantitative estimate of drug-likeness (QED) is 0.838. The van der Waals surface area contributed by atoms with Crippen LogP contribution in [0.2, 0.25) is 0 Å². The summed E-state index contributed by atoms with van der Waals surface area (Å²) < 4.78 is 28.1. The van der Waals surface area contributed by atoms with Crippen LogP contribution < -0.4 is 0 Å². The Balaban J connectivity index is 2.09. The van der Waals surface area contributed by atoms with Gasteiger partial charge in [-0.15, -0.1) is 0 Å². The van der Waals surface area contributed by atoms with Crippen molar-refractivity contribution < 1.29 is 10.5 Å². The van der Waals surface area contributed by atoms with Gasteiger partial charge in [-0.1, -0.05) is 18.2 Å². The summed E-state index contributed by atoms with van der Waals surface area (Å²) >= 11 is 0. The molecule has 1 heterocycles. The van der Waals surface area contributed by atoms with E-state index >= 15 is 0 Å². The highest BCUT2D eigenvalue weighted by molar-refractivity contribution is 5.47. The fraction of sp³-hybridized carbons (Fsp3) is 0.350. The van der Waals surface area contributed by atoms with Crippen molar-refractivity contribution in [3.8, 4) is 6.07 Å². The molecule has 0 saturated heterocycles. The number of fused-ring (bicyclic) bond motifs is 1. The van der Waals surface area contributed by atoms with Crippen LogP contribution in [0.25, 0.3) is 0 Å². The van der Waals surface area contributed by atoms with E-state index < -0.39 is 5.60 Å². The number of hydrogen-bond donors (Lipinski definition) is 0. The van der Waals surface area contributed by atoms with E-state index in [1.54, 1.807) is 24.3 Å². The van der Waals surface area contributed by atoms with Crippen molar-refractivity contribution in [2.75, 3.05) is 20.6 Å². The SMILES string of the molecule is [2H]c1cc(C#N)cc2c1[C@](CCCN(C)C)(c1ccc(F)cc1)OC2. The monoisotopic (exact) mass is 325 g/mol. The molecule has 3 rings (SSSR count). The van der Waals surface area contributed by atoms with Crippen LogP contribution in [-0.2, 0) is 16.9 Å². The molecule has 0 fully saturated rings. The molecular weight excluding hydrogens is 303 g/mol. The molecule has 124 valence electrons. The summed E-state index contributed by atoms with van der Waals surface area (Å²) in [5.41, 5.74) is 2.24. The van der Waals surface area contributed by atoms with Gasteiger partial charge in [0, 0.05) is 0 Å². The maximum Gasteiger partial charge on any atom is 0.123 e.